The first-order valence-electron chi connectivity index (χ1n) is 5.33. The van der Waals surface area contributed by atoms with Gasteiger partial charge in [-0.2, -0.15) is 0 Å². The first kappa shape index (κ1) is 12.0. The lowest BCUT2D eigenvalue weighted by atomic mass is 10.2. The van der Waals surface area contributed by atoms with Crippen LogP contribution in [0, 0.1) is 6.92 Å². The highest BCUT2D eigenvalue weighted by Gasteiger charge is 2.06. The summed E-state index contributed by atoms with van der Waals surface area (Å²) >= 11 is 5.93. The van der Waals surface area contributed by atoms with Gasteiger partial charge < -0.3 is 9.84 Å². The smallest absolute Gasteiger partial charge is 0.132 e. The highest BCUT2D eigenvalue weighted by molar-refractivity contribution is 6.30. The number of benzene rings is 2. The number of aliphatic hydroxyl groups is 1. The largest absolute Gasteiger partial charge is 0.457 e. The van der Waals surface area contributed by atoms with E-state index in [1.54, 1.807) is 6.07 Å². The maximum absolute atomic E-state index is 9.21. The summed E-state index contributed by atoms with van der Waals surface area (Å²) in [6, 6.07) is 12.9. The van der Waals surface area contributed by atoms with Gasteiger partial charge >= 0.3 is 0 Å². The normalized spacial score (nSPS) is 10.3. The van der Waals surface area contributed by atoms with Gasteiger partial charge in [0, 0.05) is 10.6 Å². The van der Waals surface area contributed by atoms with Crippen molar-refractivity contribution >= 4 is 11.6 Å². The molecule has 0 atom stereocenters. The van der Waals surface area contributed by atoms with Crippen molar-refractivity contribution in [2.24, 2.45) is 0 Å². The molecule has 17 heavy (non-hydrogen) atoms. The Bertz CT molecular complexity index is 523. The highest BCUT2D eigenvalue weighted by Crippen LogP contribution is 2.29. The SMILES string of the molecule is Cc1ccc(Cl)cc1Oc1ccccc1CO. The van der Waals surface area contributed by atoms with Crippen molar-refractivity contribution in [2.75, 3.05) is 0 Å². The Kier molecular flexibility index (Phi) is 3.67. The van der Waals surface area contributed by atoms with E-state index >= 15 is 0 Å². The Balaban J connectivity index is 2.34. The maximum Gasteiger partial charge on any atom is 0.132 e. The van der Waals surface area contributed by atoms with E-state index in [4.69, 9.17) is 16.3 Å². The molecule has 0 aromatic heterocycles. The fourth-order valence-corrected chi connectivity index (χ4v) is 1.70. The number of hydrogen-bond acceptors (Lipinski definition) is 2. The molecule has 2 rings (SSSR count). The maximum atomic E-state index is 9.21. The molecule has 0 aliphatic carbocycles. The van der Waals surface area contributed by atoms with E-state index in [-0.39, 0.29) is 6.61 Å². The van der Waals surface area contributed by atoms with E-state index in [9.17, 15) is 5.11 Å². The summed E-state index contributed by atoms with van der Waals surface area (Å²) in [7, 11) is 0. The molecule has 3 heteroatoms. The van der Waals surface area contributed by atoms with Crippen molar-refractivity contribution in [2.45, 2.75) is 13.5 Å². The number of halogens is 1. The van der Waals surface area contributed by atoms with Crippen molar-refractivity contribution in [3.05, 3.63) is 58.6 Å². The molecule has 2 aromatic carbocycles. The molecule has 0 aliphatic heterocycles. The van der Waals surface area contributed by atoms with Gasteiger partial charge in [-0.1, -0.05) is 35.9 Å². The lowest BCUT2D eigenvalue weighted by Gasteiger charge is -2.11. The Morgan fingerprint density at radius 3 is 2.65 bits per heavy atom. The van der Waals surface area contributed by atoms with Crippen LogP contribution in [0.2, 0.25) is 5.02 Å². The van der Waals surface area contributed by atoms with Gasteiger partial charge in [-0.3, -0.25) is 0 Å². The molecule has 0 radical (unpaired) electrons. The number of ether oxygens (including phenoxy) is 1. The molecule has 0 spiro atoms. The first-order valence-corrected chi connectivity index (χ1v) is 5.71. The topological polar surface area (TPSA) is 29.5 Å². The molecular weight excluding hydrogens is 236 g/mol. The van der Waals surface area contributed by atoms with Crippen LogP contribution in [-0.2, 0) is 6.61 Å². The molecule has 0 aliphatic rings. The monoisotopic (exact) mass is 248 g/mol. The van der Waals surface area contributed by atoms with Gasteiger partial charge in [0.1, 0.15) is 11.5 Å². The average molecular weight is 249 g/mol. The van der Waals surface area contributed by atoms with Crippen LogP contribution in [0.3, 0.4) is 0 Å². The van der Waals surface area contributed by atoms with Gasteiger partial charge in [0.25, 0.3) is 0 Å². The van der Waals surface area contributed by atoms with Crippen LogP contribution in [0.15, 0.2) is 42.5 Å². The van der Waals surface area contributed by atoms with Gasteiger partial charge in [0.2, 0.25) is 0 Å². The third-order valence-electron chi connectivity index (χ3n) is 2.51. The number of rotatable bonds is 3. The summed E-state index contributed by atoms with van der Waals surface area (Å²) < 4.78 is 5.77. The second-order valence-corrected chi connectivity index (χ2v) is 4.21. The third-order valence-corrected chi connectivity index (χ3v) is 2.75. The Morgan fingerprint density at radius 1 is 1.12 bits per heavy atom. The van der Waals surface area contributed by atoms with Gasteiger partial charge in [-0.25, -0.2) is 0 Å². The van der Waals surface area contributed by atoms with Crippen molar-refractivity contribution < 1.29 is 9.84 Å². The van der Waals surface area contributed by atoms with E-state index in [0.29, 0.717) is 16.5 Å². The zero-order valence-electron chi connectivity index (χ0n) is 9.48. The lowest BCUT2D eigenvalue weighted by molar-refractivity contribution is 0.276. The predicted octanol–water partition coefficient (Wildman–Crippen LogP) is 3.93. The number of aryl methyl sites for hydroxylation is 1. The molecule has 0 fully saturated rings. The Hall–Kier alpha value is -1.51. The molecule has 0 bridgehead atoms. The first-order chi connectivity index (χ1) is 8.20. The second kappa shape index (κ2) is 5.21. The summed E-state index contributed by atoms with van der Waals surface area (Å²) in [4.78, 5) is 0. The second-order valence-electron chi connectivity index (χ2n) is 3.78. The van der Waals surface area contributed by atoms with Gasteiger partial charge in [-0.05, 0) is 30.7 Å². The molecule has 2 aromatic rings. The van der Waals surface area contributed by atoms with Gasteiger partial charge in [0.15, 0.2) is 0 Å². The van der Waals surface area contributed by atoms with Crippen LogP contribution in [0.1, 0.15) is 11.1 Å². The minimum absolute atomic E-state index is 0.0458. The Labute approximate surface area is 105 Å². The molecule has 2 nitrogen and oxygen atoms in total. The third kappa shape index (κ3) is 2.78. The van der Waals surface area contributed by atoms with E-state index in [1.807, 2.05) is 43.3 Å². The fourth-order valence-electron chi connectivity index (χ4n) is 1.54. The number of para-hydroxylation sites is 1. The van der Waals surface area contributed by atoms with Crippen molar-refractivity contribution in [3.63, 3.8) is 0 Å². The summed E-state index contributed by atoms with van der Waals surface area (Å²) in [5.74, 6) is 1.36. The average Bonchev–Trinajstić information content (AvgIpc) is 2.34. The molecule has 88 valence electrons. The standard InChI is InChI=1S/C14H13ClO2/c1-10-6-7-12(15)8-14(10)17-13-5-3-2-4-11(13)9-16/h2-8,16H,9H2,1H3. The predicted molar refractivity (Wildman–Crippen MR) is 68.6 cm³/mol. The van der Waals surface area contributed by atoms with E-state index in [2.05, 4.69) is 0 Å². The summed E-state index contributed by atoms with van der Waals surface area (Å²) in [5, 5.41) is 9.85. The van der Waals surface area contributed by atoms with Crippen LogP contribution in [0.4, 0.5) is 0 Å². The lowest BCUT2D eigenvalue weighted by Crippen LogP contribution is -1.92. The zero-order valence-corrected chi connectivity index (χ0v) is 10.2. The summed E-state index contributed by atoms with van der Waals surface area (Å²) in [5.41, 5.74) is 1.76. The Morgan fingerprint density at radius 2 is 1.88 bits per heavy atom. The molecule has 0 saturated heterocycles. The quantitative estimate of drug-likeness (QED) is 0.892. The fraction of sp³-hybridized carbons (Fsp3) is 0.143. The molecule has 1 N–H and O–H groups in total. The minimum Gasteiger partial charge on any atom is -0.457 e. The van der Waals surface area contributed by atoms with E-state index in [0.717, 1.165) is 11.1 Å². The molecule has 0 unspecified atom stereocenters. The van der Waals surface area contributed by atoms with Crippen molar-refractivity contribution in [3.8, 4) is 11.5 Å². The molecule has 0 saturated carbocycles. The van der Waals surface area contributed by atoms with Crippen LogP contribution in [-0.4, -0.2) is 5.11 Å². The van der Waals surface area contributed by atoms with Crippen LogP contribution in [0.5, 0.6) is 11.5 Å². The van der Waals surface area contributed by atoms with Crippen LogP contribution < -0.4 is 4.74 Å². The molecular formula is C14H13ClO2. The minimum atomic E-state index is -0.0458. The van der Waals surface area contributed by atoms with E-state index in [1.165, 1.54) is 0 Å². The van der Waals surface area contributed by atoms with Crippen LogP contribution >= 0.6 is 11.6 Å². The number of hydrogen-bond donors (Lipinski definition) is 1. The van der Waals surface area contributed by atoms with E-state index < -0.39 is 0 Å². The van der Waals surface area contributed by atoms with Crippen molar-refractivity contribution in [1.29, 1.82) is 0 Å². The zero-order chi connectivity index (χ0) is 12.3. The molecule has 0 amide bonds. The number of aliphatic hydroxyl groups excluding tert-OH is 1. The van der Waals surface area contributed by atoms with Gasteiger partial charge in [-0.15, -0.1) is 0 Å². The van der Waals surface area contributed by atoms with Crippen molar-refractivity contribution in [1.82, 2.24) is 0 Å². The van der Waals surface area contributed by atoms with Crippen LogP contribution in [0.25, 0.3) is 0 Å². The molecule has 0 heterocycles. The van der Waals surface area contributed by atoms with Gasteiger partial charge in [0.05, 0.1) is 6.61 Å². The highest BCUT2D eigenvalue weighted by atomic mass is 35.5. The summed E-state index contributed by atoms with van der Waals surface area (Å²) in [6.45, 7) is 1.91. The summed E-state index contributed by atoms with van der Waals surface area (Å²) in [6.07, 6.45) is 0.